The molecule has 24 heavy (non-hydrogen) atoms. The highest BCUT2D eigenvalue weighted by Crippen LogP contribution is 2.13. The van der Waals surface area contributed by atoms with Gasteiger partial charge in [0.15, 0.2) is 0 Å². The van der Waals surface area contributed by atoms with E-state index in [1.54, 1.807) is 17.0 Å². The van der Waals surface area contributed by atoms with Gasteiger partial charge in [0.05, 0.1) is 11.3 Å². The van der Waals surface area contributed by atoms with E-state index in [1.165, 1.54) is 19.2 Å². The van der Waals surface area contributed by atoms with Crippen LogP contribution in [0.5, 0.6) is 0 Å². The molecule has 0 aliphatic rings. The SMILES string of the molecule is CNS(=O)(=O)c1ccc(CCC(=O)N(CCC(=O)O)C(C)C)cc1. The van der Waals surface area contributed by atoms with Crippen molar-refractivity contribution in [3.63, 3.8) is 0 Å². The van der Waals surface area contributed by atoms with E-state index >= 15 is 0 Å². The van der Waals surface area contributed by atoms with E-state index in [-0.39, 0.29) is 36.2 Å². The Balaban J connectivity index is 2.67. The van der Waals surface area contributed by atoms with E-state index in [2.05, 4.69) is 4.72 Å². The summed E-state index contributed by atoms with van der Waals surface area (Å²) in [6.07, 6.45) is 0.630. The molecule has 8 heteroatoms. The van der Waals surface area contributed by atoms with Crippen molar-refractivity contribution >= 4 is 21.9 Å². The normalized spacial score (nSPS) is 11.5. The Morgan fingerprint density at radius 1 is 1.17 bits per heavy atom. The van der Waals surface area contributed by atoms with Crippen LogP contribution in [0.2, 0.25) is 0 Å². The van der Waals surface area contributed by atoms with Gasteiger partial charge in [0.25, 0.3) is 0 Å². The number of hydrogen-bond acceptors (Lipinski definition) is 4. The average Bonchev–Trinajstić information content (AvgIpc) is 2.52. The molecule has 0 fully saturated rings. The fraction of sp³-hybridized carbons (Fsp3) is 0.500. The van der Waals surface area contributed by atoms with Crippen molar-refractivity contribution in [3.05, 3.63) is 29.8 Å². The number of rotatable bonds is 9. The largest absolute Gasteiger partial charge is 0.481 e. The van der Waals surface area contributed by atoms with E-state index in [9.17, 15) is 18.0 Å². The Morgan fingerprint density at radius 2 is 1.75 bits per heavy atom. The molecule has 0 saturated heterocycles. The van der Waals surface area contributed by atoms with Crippen molar-refractivity contribution in [2.75, 3.05) is 13.6 Å². The Bertz CT molecular complexity index is 668. The first-order valence-electron chi connectivity index (χ1n) is 7.71. The summed E-state index contributed by atoms with van der Waals surface area (Å²) in [5.41, 5.74) is 0.848. The van der Waals surface area contributed by atoms with E-state index < -0.39 is 16.0 Å². The molecule has 0 atom stereocenters. The fourth-order valence-corrected chi connectivity index (χ4v) is 2.97. The number of carbonyl (C=O) groups excluding carboxylic acids is 1. The van der Waals surface area contributed by atoms with Gasteiger partial charge in [0, 0.05) is 19.0 Å². The summed E-state index contributed by atoms with van der Waals surface area (Å²) in [5.74, 6) is -1.05. The number of hydrogen-bond donors (Lipinski definition) is 2. The van der Waals surface area contributed by atoms with Gasteiger partial charge in [-0.15, -0.1) is 0 Å². The number of sulfonamides is 1. The van der Waals surface area contributed by atoms with Crippen LogP contribution in [-0.2, 0) is 26.0 Å². The summed E-state index contributed by atoms with van der Waals surface area (Å²) in [6, 6.07) is 6.27. The molecule has 0 aliphatic carbocycles. The maximum atomic E-state index is 12.3. The number of nitrogens with one attached hydrogen (secondary N) is 1. The average molecular weight is 356 g/mol. The molecule has 0 saturated carbocycles. The summed E-state index contributed by atoms with van der Waals surface area (Å²) in [4.78, 5) is 24.7. The van der Waals surface area contributed by atoms with Crippen LogP contribution in [0.15, 0.2) is 29.2 Å². The summed E-state index contributed by atoms with van der Waals surface area (Å²) in [7, 11) is -2.12. The number of carboxylic acids is 1. The van der Waals surface area contributed by atoms with Crippen molar-refractivity contribution in [2.24, 2.45) is 0 Å². The van der Waals surface area contributed by atoms with Gasteiger partial charge in [-0.3, -0.25) is 9.59 Å². The Morgan fingerprint density at radius 3 is 2.21 bits per heavy atom. The van der Waals surface area contributed by atoms with Gasteiger partial charge in [-0.25, -0.2) is 13.1 Å². The van der Waals surface area contributed by atoms with E-state index in [4.69, 9.17) is 5.11 Å². The topological polar surface area (TPSA) is 104 Å². The summed E-state index contributed by atoms with van der Waals surface area (Å²) < 4.78 is 25.5. The number of amides is 1. The molecule has 1 aromatic carbocycles. The van der Waals surface area contributed by atoms with Crippen LogP contribution >= 0.6 is 0 Å². The lowest BCUT2D eigenvalue weighted by Crippen LogP contribution is -2.38. The molecule has 0 unspecified atom stereocenters. The third kappa shape index (κ3) is 5.93. The predicted molar refractivity (Wildman–Crippen MR) is 90.1 cm³/mol. The van der Waals surface area contributed by atoms with E-state index in [0.29, 0.717) is 6.42 Å². The Labute approximate surface area is 142 Å². The molecule has 134 valence electrons. The van der Waals surface area contributed by atoms with Crippen LogP contribution in [0, 0.1) is 0 Å². The van der Waals surface area contributed by atoms with Crippen molar-refractivity contribution in [1.82, 2.24) is 9.62 Å². The van der Waals surface area contributed by atoms with Crippen molar-refractivity contribution < 1.29 is 23.1 Å². The zero-order valence-electron chi connectivity index (χ0n) is 14.2. The van der Waals surface area contributed by atoms with Crippen LogP contribution < -0.4 is 4.72 Å². The minimum atomic E-state index is -3.47. The highest BCUT2D eigenvalue weighted by Gasteiger charge is 2.18. The van der Waals surface area contributed by atoms with Crippen molar-refractivity contribution in [3.8, 4) is 0 Å². The molecular formula is C16H24N2O5S. The molecule has 0 spiro atoms. The third-order valence-corrected chi connectivity index (χ3v) is 5.07. The number of aliphatic carboxylic acids is 1. The number of nitrogens with zero attached hydrogens (tertiary/aromatic N) is 1. The zero-order chi connectivity index (χ0) is 18.3. The lowest BCUT2D eigenvalue weighted by molar-refractivity contribution is -0.139. The lowest BCUT2D eigenvalue weighted by atomic mass is 10.1. The first kappa shape index (κ1) is 20.1. The number of carboxylic acid groups (broad SMARTS) is 1. The van der Waals surface area contributed by atoms with Gasteiger partial charge >= 0.3 is 5.97 Å². The first-order valence-corrected chi connectivity index (χ1v) is 9.19. The van der Waals surface area contributed by atoms with E-state index in [1.807, 2.05) is 13.8 Å². The van der Waals surface area contributed by atoms with Crippen LogP contribution in [0.3, 0.4) is 0 Å². The molecule has 2 N–H and O–H groups in total. The van der Waals surface area contributed by atoms with Crippen LogP contribution in [-0.4, -0.2) is 49.9 Å². The van der Waals surface area contributed by atoms with Crippen molar-refractivity contribution in [1.29, 1.82) is 0 Å². The molecule has 0 heterocycles. The molecule has 0 bridgehead atoms. The van der Waals surface area contributed by atoms with Gasteiger partial charge in [-0.2, -0.15) is 0 Å². The van der Waals surface area contributed by atoms with Gasteiger partial charge in [0.1, 0.15) is 0 Å². The second kappa shape index (κ2) is 8.79. The minimum absolute atomic E-state index is 0.0694. The number of aryl methyl sites for hydroxylation is 1. The van der Waals surface area contributed by atoms with Gasteiger partial charge in [-0.05, 0) is 45.0 Å². The first-order chi connectivity index (χ1) is 11.2. The standard InChI is InChI=1S/C16H24N2O5S/c1-12(2)18(11-10-16(20)21)15(19)9-6-13-4-7-14(8-5-13)24(22,23)17-3/h4-5,7-8,12,17H,6,9-11H2,1-3H3,(H,20,21). The van der Waals surface area contributed by atoms with Crippen LogP contribution in [0.4, 0.5) is 0 Å². The molecule has 0 aromatic heterocycles. The molecular weight excluding hydrogens is 332 g/mol. The molecule has 7 nitrogen and oxygen atoms in total. The minimum Gasteiger partial charge on any atom is -0.481 e. The van der Waals surface area contributed by atoms with Crippen LogP contribution in [0.25, 0.3) is 0 Å². The third-order valence-electron chi connectivity index (χ3n) is 3.64. The molecule has 0 radical (unpaired) electrons. The quantitative estimate of drug-likeness (QED) is 0.693. The van der Waals surface area contributed by atoms with Gasteiger partial charge < -0.3 is 10.0 Å². The second-order valence-corrected chi connectivity index (χ2v) is 7.56. The smallest absolute Gasteiger partial charge is 0.305 e. The second-order valence-electron chi connectivity index (χ2n) is 5.68. The summed E-state index contributed by atoms with van der Waals surface area (Å²) in [6.45, 7) is 3.87. The maximum Gasteiger partial charge on any atom is 0.305 e. The summed E-state index contributed by atoms with van der Waals surface area (Å²) >= 11 is 0. The highest BCUT2D eigenvalue weighted by atomic mass is 32.2. The monoisotopic (exact) mass is 356 g/mol. The molecule has 1 rings (SSSR count). The molecule has 0 aliphatic heterocycles. The molecule has 1 amide bonds. The van der Waals surface area contributed by atoms with Gasteiger partial charge in [0.2, 0.25) is 15.9 Å². The lowest BCUT2D eigenvalue weighted by Gasteiger charge is -2.26. The predicted octanol–water partition coefficient (Wildman–Crippen LogP) is 1.24. The number of carbonyl (C=O) groups is 2. The fourth-order valence-electron chi connectivity index (χ4n) is 2.23. The summed E-state index contributed by atoms with van der Waals surface area (Å²) in [5, 5.41) is 8.75. The Kier molecular flexibility index (Phi) is 7.37. The van der Waals surface area contributed by atoms with Gasteiger partial charge in [-0.1, -0.05) is 12.1 Å². The Hall–Kier alpha value is -1.93. The molecule has 1 aromatic rings. The highest BCUT2D eigenvalue weighted by molar-refractivity contribution is 7.89. The van der Waals surface area contributed by atoms with Crippen molar-refractivity contribution in [2.45, 2.75) is 44.0 Å². The van der Waals surface area contributed by atoms with E-state index in [0.717, 1.165) is 5.56 Å². The van der Waals surface area contributed by atoms with Crippen LogP contribution in [0.1, 0.15) is 32.3 Å². The number of benzene rings is 1. The maximum absolute atomic E-state index is 12.3. The zero-order valence-corrected chi connectivity index (χ0v) is 15.0.